The molecule has 2 aliphatic rings. The Kier molecular flexibility index (Phi) is 5.79. The summed E-state index contributed by atoms with van der Waals surface area (Å²) in [6, 6.07) is 11.8. The molecule has 2 heterocycles. The minimum Gasteiger partial charge on any atom is -0.375 e. The van der Waals surface area contributed by atoms with Gasteiger partial charge in [-0.2, -0.15) is 13.2 Å². The van der Waals surface area contributed by atoms with Crippen LogP contribution < -0.4 is 11.1 Å². The van der Waals surface area contributed by atoms with E-state index < -0.39 is 17.6 Å². The molecule has 1 saturated carbocycles. The van der Waals surface area contributed by atoms with Gasteiger partial charge in [0.15, 0.2) is 5.13 Å². The largest absolute Gasteiger partial charge is 0.416 e. The summed E-state index contributed by atoms with van der Waals surface area (Å²) in [6.45, 7) is 2.67. The number of rotatable bonds is 5. The van der Waals surface area contributed by atoms with Gasteiger partial charge in [-0.25, -0.2) is 4.98 Å². The molecule has 10 heteroatoms. The normalized spacial score (nSPS) is 21.0. The van der Waals surface area contributed by atoms with Gasteiger partial charge < -0.3 is 16.0 Å². The maximum atomic E-state index is 13.6. The topological polar surface area (TPSA) is 88.3 Å². The fourth-order valence-corrected chi connectivity index (χ4v) is 5.62. The molecule has 1 unspecified atom stereocenters. The number of aryl methyl sites for hydroxylation is 1. The van der Waals surface area contributed by atoms with Crippen LogP contribution >= 0.6 is 11.3 Å². The lowest BCUT2D eigenvalue weighted by atomic mass is 10.1. The number of aromatic nitrogens is 1. The van der Waals surface area contributed by atoms with Gasteiger partial charge in [-0.3, -0.25) is 9.59 Å². The molecule has 2 aromatic carbocycles. The number of amides is 2. The van der Waals surface area contributed by atoms with E-state index in [1.807, 2.05) is 31.2 Å². The van der Waals surface area contributed by atoms with Crippen molar-refractivity contribution in [1.82, 2.24) is 15.2 Å². The highest BCUT2D eigenvalue weighted by molar-refractivity contribution is 7.19. The van der Waals surface area contributed by atoms with Crippen molar-refractivity contribution in [3.63, 3.8) is 0 Å². The summed E-state index contributed by atoms with van der Waals surface area (Å²) >= 11 is 1.25. The zero-order chi connectivity index (χ0) is 24.9. The molecule has 1 aliphatic carbocycles. The number of halogens is 3. The smallest absolute Gasteiger partial charge is 0.375 e. The van der Waals surface area contributed by atoms with Crippen molar-refractivity contribution in [3.8, 4) is 10.4 Å². The molecule has 2 amide bonds. The molecule has 182 valence electrons. The molecule has 6 nitrogen and oxygen atoms in total. The first-order chi connectivity index (χ1) is 16.6. The first-order valence-corrected chi connectivity index (χ1v) is 12.0. The molecule has 3 N–H and O–H groups in total. The van der Waals surface area contributed by atoms with E-state index in [1.165, 1.54) is 23.5 Å². The Morgan fingerprint density at radius 2 is 1.97 bits per heavy atom. The van der Waals surface area contributed by atoms with Gasteiger partial charge in [-0.05, 0) is 48.9 Å². The Morgan fingerprint density at radius 1 is 1.20 bits per heavy atom. The third-order valence-corrected chi connectivity index (χ3v) is 7.55. The number of fused-ring (bicyclic) bond motifs is 1. The Hall–Kier alpha value is -3.40. The number of anilines is 1. The van der Waals surface area contributed by atoms with E-state index >= 15 is 0 Å². The van der Waals surface area contributed by atoms with E-state index in [9.17, 15) is 22.8 Å². The molecule has 3 atom stereocenters. The van der Waals surface area contributed by atoms with Crippen LogP contribution in [0.4, 0.5) is 18.3 Å². The molecule has 0 spiro atoms. The average Bonchev–Trinajstić information content (AvgIpc) is 3.33. The van der Waals surface area contributed by atoms with E-state index in [2.05, 4.69) is 10.3 Å². The van der Waals surface area contributed by atoms with Crippen molar-refractivity contribution in [3.05, 3.63) is 70.9 Å². The van der Waals surface area contributed by atoms with E-state index in [0.29, 0.717) is 22.5 Å². The number of hydrogen-bond acceptors (Lipinski definition) is 5. The van der Waals surface area contributed by atoms with Crippen LogP contribution in [-0.4, -0.2) is 40.8 Å². The van der Waals surface area contributed by atoms with Gasteiger partial charge in [0.2, 0.25) is 0 Å². The number of likely N-dealkylation sites (tertiary alicyclic amines) is 1. The van der Waals surface area contributed by atoms with Crippen LogP contribution in [0.2, 0.25) is 0 Å². The SMILES string of the molecule is Cc1cccc(-c2sc(N)nc2C(=O)N2C[C@H]3CC3[C@H]2CNC(=O)c2cccc(C(F)(F)F)c2)c1. The quantitative estimate of drug-likeness (QED) is 0.536. The fourth-order valence-electron chi connectivity index (χ4n) is 4.80. The average molecular weight is 501 g/mol. The van der Waals surface area contributed by atoms with Crippen LogP contribution in [0, 0.1) is 18.8 Å². The lowest BCUT2D eigenvalue weighted by molar-refractivity contribution is -0.137. The molecule has 1 aromatic heterocycles. The number of alkyl halides is 3. The van der Waals surface area contributed by atoms with Gasteiger partial charge in [0.05, 0.1) is 16.5 Å². The van der Waals surface area contributed by atoms with E-state index in [1.54, 1.807) is 4.90 Å². The standard InChI is InChI=1S/C25H23F3N4O2S/c1-13-4-2-5-14(8-13)21-20(31-24(29)35-21)23(34)32-12-16-10-18(16)19(32)11-30-22(33)15-6-3-7-17(9-15)25(26,27)28/h2-9,16,18-19H,10-12H2,1H3,(H2,29,31)(H,30,33)/t16-,18?,19-/m1/s1. The number of nitrogens with one attached hydrogen (secondary N) is 1. The second kappa shape index (κ2) is 8.67. The number of nitrogens with two attached hydrogens (primary N) is 1. The summed E-state index contributed by atoms with van der Waals surface area (Å²) in [6.07, 6.45) is -3.58. The summed E-state index contributed by atoms with van der Waals surface area (Å²) in [5.74, 6) is -0.252. The summed E-state index contributed by atoms with van der Waals surface area (Å²) in [7, 11) is 0. The maximum Gasteiger partial charge on any atom is 0.416 e. The van der Waals surface area contributed by atoms with Crippen LogP contribution in [0.3, 0.4) is 0 Å². The number of nitrogen functional groups attached to an aromatic ring is 1. The summed E-state index contributed by atoms with van der Waals surface area (Å²) in [4.78, 5) is 32.9. The first-order valence-electron chi connectivity index (χ1n) is 11.2. The highest BCUT2D eigenvalue weighted by Crippen LogP contribution is 2.50. The lowest BCUT2D eigenvalue weighted by Gasteiger charge is -2.27. The number of nitrogens with zero attached hydrogens (tertiary/aromatic N) is 2. The fraction of sp³-hybridized carbons (Fsp3) is 0.320. The van der Waals surface area contributed by atoms with Crippen LogP contribution in [0.5, 0.6) is 0 Å². The zero-order valence-electron chi connectivity index (χ0n) is 18.8. The maximum absolute atomic E-state index is 13.6. The molecule has 0 radical (unpaired) electrons. The highest BCUT2D eigenvalue weighted by Gasteiger charge is 2.54. The van der Waals surface area contributed by atoms with Gasteiger partial charge in [-0.1, -0.05) is 47.2 Å². The van der Waals surface area contributed by atoms with Crippen molar-refractivity contribution < 1.29 is 22.8 Å². The Labute approximate surface area is 204 Å². The zero-order valence-corrected chi connectivity index (χ0v) is 19.6. The van der Waals surface area contributed by atoms with Crippen molar-refractivity contribution >= 4 is 28.3 Å². The minimum absolute atomic E-state index is 0.0722. The second-order valence-electron chi connectivity index (χ2n) is 9.07. The molecule has 3 aromatic rings. The molecule has 5 rings (SSSR count). The Morgan fingerprint density at radius 3 is 2.71 bits per heavy atom. The molecule has 2 fully saturated rings. The molecule has 1 saturated heterocycles. The van der Waals surface area contributed by atoms with Crippen molar-refractivity contribution in [2.75, 3.05) is 18.8 Å². The molecular weight excluding hydrogens is 477 g/mol. The van der Waals surface area contributed by atoms with E-state index in [0.717, 1.165) is 29.7 Å². The Bertz CT molecular complexity index is 1310. The number of thiazole rings is 1. The van der Waals surface area contributed by atoms with Gasteiger partial charge >= 0.3 is 6.18 Å². The minimum atomic E-state index is -4.53. The number of carbonyl (C=O) groups excluding carboxylic acids is 2. The Balaban J connectivity index is 1.34. The summed E-state index contributed by atoms with van der Waals surface area (Å²) in [5, 5.41) is 3.02. The van der Waals surface area contributed by atoms with Crippen molar-refractivity contribution in [2.24, 2.45) is 11.8 Å². The number of benzene rings is 2. The van der Waals surface area contributed by atoms with Crippen molar-refractivity contribution in [1.29, 1.82) is 0 Å². The lowest BCUT2D eigenvalue weighted by Crippen LogP contribution is -2.45. The van der Waals surface area contributed by atoms with Crippen molar-refractivity contribution in [2.45, 2.75) is 25.6 Å². The van der Waals surface area contributed by atoms with Gasteiger partial charge in [0, 0.05) is 18.7 Å². The third-order valence-electron chi connectivity index (χ3n) is 6.61. The molecular formula is C25H23F3N4O2S. The predicted octanol–water partition coefficient (Wildman–Crippen LogP) is 4.61. The van der Waals surface area contributed by atoms with Crippen LogP contribution in [-0.2, 0) is 6.18 Å². The molecule has 35 heavy (non-hydrogen) atoms. The molecule has 0 bridgehead atoms. The van der Waals surface area contributed by atoms with E-state index in [-0.39, 0.29) is 35.7 Å². The number of piperidine rings is 1. The van der Waals surface area contributed by atoms with Gasteiger partial charge in [-0.15, -0.1) is 0 Å². The predicted molar refractivity (Wildman–Crippen MR) is 127 cm³/mol. The van der Waals surface area contributed by atoms with E-state index in [4.69, 9.17) is 5.73 Å². The van der Waals surface area contributed by atoms with Gasteiger partial charge in [0.1, 0.15) is 5.69 Å². The number of carbonyl (C=O) groups is 2. The van der Waals surface area contributed by atoms with Crippen LogP contribution in [0.15, 0.2) is 48.5 Å². The monoisotopic (exact) mass is 500 g/mol. The summed E-state index contributed by atoms with van der Waals surface area (Å²) < 4.78 is 39.0. The van der Waals surface area contributed by atoms with Gasteiger partial charge in [0.25, 0.3) is 11.8 Å². The highest BCUT2D eigenvalue weighted by atomic mass is 32.1. The number of hydrogen-bond donors (Lipinski definition) is 2. The van der Waals surface area contributed by atoms with Crippen LogP contribution in [0.1, 0.15) is 38.4 Å². The first kappa shape index (κ1) is 23.3. The van der Waals surface area contributed by atoms with Crippen LogP contribution in [0.25, 0.3) is 10.4 Å². The molecule has 1 aliphatic heterocycles. The second-order valence-corrected chi connectivity index (χ2v) is 10.1. The third kappa shape index (κ3) is 4.62. The summed E-state index contributed by atoms with van der Waals surface area (Å²) in [5.41, 5.74) is 7.21.